The largest absolute Gasteiger partial charge is 0.304 e. The predicted molar refractivity (Wildman–Crippen MR) is 91.9 cm³/mol. The summed E-state index contributed by atoms with van der Waals surface area (Å²) in [4.78, 5) is 0. The van der Waals surface area contributed by atoms with E-state index in [1.807, 2.05) is 18.2 Å². The molecule has 0 amide bonds. The molecule has 0 saturated heterocycles. The Morgan fingerprint density at radius 2 is 1.33 bits per heavy atom. The summed E-state index contributed by atoms with van der Waals surface area (Å²) in [5.74, 6) is 0.573. The fraction of sp³-hybridized carbons (Fsp3) is 0.368. The summed E-state index contributed by atoms with van der Waals surface area (Å²) >= 11 is 6.26. The lowest BCUT2D eigenvalue weighted by Gasteiger charge is -2.22. The number of hydrogen-bond donors (Lipinski definition) is 1. The standard InChI is InChI=1S/C19H24ClN/c1-13(2)16-9-11-17(12-10-16)14(3)21-15(4)18-7-5-6-8-19(18)20/h5-15,21H,1-4H3/t14?,15-/m0/s1. The zero-order valence-electron chi connectivity index (χ0n) is 13.2. The minimum absolute atomic E-state index is 0.221. The third-order valence-electron chi connectivity index (χ3n) is 3.97. The van der Waals surface area contributed by atoms with Gasteiger partial charge in [-0.1, -0.05) is 67.9 Å². The highest BCUT2D eigenvalue weighted by Gasteiger charge is 2.13. The quantitative estimate of drug-likeness (QED) is 0.727. The van der Waals surface area contributed by atoms with Crippen molar-refractivity contribution < 1.29 is 0 Å². The maximum atomic E-state index is 6.26. The van der Waals surface area contributed by atoms with Crippen molar-refractivity contribution in [2.24, 2.45) is 0 Å². The second-order valence-electron chi connectivity index (χ2n) is 5.95. The summed E-state index contributed by atoms with van der Waals surface area (Å²) in [6, 6.07) is 17.4. The molecule has 2 rings (SSSR count). The summed E-state index contributed by atoms with van der Waals surface area (Å²) in [6.45, 7) is 8.78. The van der Waals surface area contributed by atoms with E-state index in [4.69, 9.17) is 11.6 Å². The molecular weight excluding hydrogens is 278 g/mol. The topological polar surface area (TPSA) is 12.0 Å². The Hall–Kier alpha value is -1.31. The molecule has 0 radical (unpaired) electrons. The van der Waals surface area contributed by atoms with E-state index in [-0.39, 0.29) is 12.1 Å². The Morgan fingerprint density at radius 3 is 1.90 bits per heavy atom. The summed E-state index contributed by atoms with van der Waals surface area (Å²) in [7, 11) is 0. The first-order chi connectivity index (χ1) is 9.99. The maximum Gasteiger partial charge on any atom is 0.0453 e. The van der Waals surface area contributed by atoms with Crippen molar-refractivity contribution in [3.63, 3.8) is 0 Å². The van der Waals surface area contributed by atoms with E-state index in [0.717, 1.165) is 10.6 Å². The van der Waals surface area contributed by atoms with Crippen LogP contribution >= 0.6 is 11.6 Å². The molecule has 21 heavy (non-hydrogen) atoms. The SMILES string of the molecule is CC(C)c1ccc(C(C)N[C@@H](C)c2ccccc2Cl)cc1. The highest BCUT2D eigenvalue weighted by Crippen LogP contribution is 2.25. The maximum absolute atomic E-state index is 6.26. The minimum atomic E-state index is 0.221. The summed E-state index contributed by atoms with van der Waals surface area (Å²) in [5.41, 5.74) is 3.83. The van der Waals surface area contributed by atoms with E-state index in [0.29, 0.717) is 5.92 Å². The molecule has 2 aromatic rings. The molecule has 0 spiro atoms. The third kappa shape index (κ3) is 4.09. The zero-order valence-corrected chi connectivity index (χ0v) is 14.0. The molecule has 2 atom stereocenters. The van der Waals surface area contributed by atoms with Crippen molar-refractivity contribution in [1.29, 1.82) is 0 Å². The van der Waals surface area contributed by atoms with Gasteiger partial charge in [0.2, 0.25) is 0 Å². The van der Waals surface area contributed by atoms with Crippen LogP contribution in [0.5, 0.6) is 0 Å². The molecule has 1 unspecified atom stereocenters. The molecule has 2 heteroatoms. The van der Waals surface area contributed by atoms with Crippen molar-refractivity contribution in [2.45, 2.75) is 45.7 Å². The van der Waals surface area contributed by atoms with Crippen LogP contribution in [0.25, 0.3) is 0 Å². The van der Waals surface area contributed by atoms with Gasteiger partial charge in [0.1, 0.15) is 0 Å². The number of halogens is 1. The molecule has 0 aliphatic rings. The van der Waals surface area contributed by atoms with Gasteiger partial charge in [0.25, 0.3) is 0 Å². The van der Waals surface area contributed by atoms with E-state index in [9.17, 15) is 0 Å². The van der Waals surface area contributed by atoms with E-state index in [1.165, 1.54) is 11.1 Å². The molecule has 0 bridgehead atoms. The van der Waals surface area contributed by atoms with E-state index in [2.05, 4.69) is 63.3 Å². The monoisotopic (exact) mass is 301 g/mol. The van der Waals surface area contributed by atoms with Crippen LogP contribution in [-0.2, 0) is 0 Å². The van der Waals surface area contributed by atoms with Crippen LogP contribution in [0.15, 0.2) is 48.5 Å². The van der Waals surface area contributed by atoms with Gasteiger partial charge in [-0.05, 0) is 42.5 Å². The average molecular weight is 302 g/mol. The van der Waals surface area contributed by atoms with Crippen LogP contribution in [0, 0.1) is 0 Å². The van der Waals surface area contributed by atoms with Gasteiger partial charge in [0, 0.05) is 17.1 Å². The summed E-state index contributed by atoms with van der Waals surface area (Å²) < 4.78 is 0. The Bertz CT molecular complexity index is 574. The van der Waals surface area contributed by atoms with Crippen LogP contribution in [0.4, 0.5) is 0 Å². The van der Waals surface area contributed by atoms with Crippen molar-refractivity contribution in [3.05, 3.63) is 70.2 Å². The van der Waals surface area contributed by atoms with Gasteiger partial charge >= 0.3 is 0 Å². The van der Waals surface area contributed by atoms with Crippen molar-refractivity contribution in [1.82, 2.24) is 5.32 Å². The van der Waals surface area contributed by atoms with Gasteiger partial charge < -0.3 is 5.32 Å². The molecule has 112 valence electrons. The van der Waals surface area contributed by atoms with E-state index < -0.39 is 0 Å². The van der Waals surface area contributed by atoms with Crippen molar-refractivity contribution in [2.75, 3.05) is 0 Å². The van der Waals surface area contributed by atoms with Gasteiger partial charge in [-0.15, -0.1) is 0 Å². The molecule has 0 aliphatic heterocycles. The lowest BCUT2D eigenvalue weighted by atomic mass is 9.99. The smallest absolute Gasteiger partial charge is 0.0453 e. The first-order valence-corrected chi connectivity index (χ1v) is 7.97. The normalized spacial score (nSPS) is 14.2. The zero-order chi connectivity index (χ0) is 15.4. The lowest BCUT2D eigenvalue weighted by molar-refractivity contribution is 0.494. The number of nitrogens with one attached hydrogen (secondary N) is 1. The van der Waals surface area contributed by atoms with Crippen molar-refractivity contribution >= 4 is 11.6 Å². The molecule has 1 nitrogen and oxygen atoms in total. The summed E-state index contributed by atoms with van der Waals surface area (Å²) in [5, 5.41) is 4.44. The first kappa shape index (κ1) is 16.1. The fourth-order valence-electron chi connectivity index (χ4n) is 2.56. The van der Waals surface area contributed by atoms with E-state index >= 15 is 0 Å². The number of hydrogen-bond acceptors (Lipinski definition) is 1. The molecule has 0 aromatic heterocycles. The Kier molecular flexibility index (Phi) is 5.44. The highest BCUT2D eigenvalue weighted by molar-refractivity contribution is 6.31. The van der Waals surface area contributed by atoms with E-state index in [1.54, 1.807) is 0 Å². The second kappa shape index (κ2) is 7.11. The second-order valence-corrected chi connectivity index (χ2v) is 6.36. The van der Waals surface area contributed by atoms with Gasteiger partial charge in [-0.2, -0.15) is 0 Å². The third-order valence-corrected chi connectivity index (χ3v) is 4.32. The number of rotatable bonds is 5. The van der Waals surface area contributed by atoms with Crippen LogP contribution in [0.3, 0.4) is 0 Å². The summed E-state index contributed by atoms with van der Waals surface area (Å²) in [6.07, 6.45) is 0. The van der Waals surface area contributed by atoms with Gasteiger partial charge in [-0.25, -0.2) is 0 Å². The van der Waals surface area contributed by atoms with Crippen LogP contribution < -0.4 is 5.32 Å². The van der Waals surface area contributed by atoms with Gasteiger partial charge in [-0.3, -0.25) is 0 Å². The number of benzene rings is 2. The molecule has 0 saturated carbocycles. The molecule has 2 aromatic carbocycles. The molecule has 1 N–H and O–H groups in total. The van der Waals surface area contributed by atoms with Gasteiger partial charge in [0.05, 0.1) is 0 Å². The molecule has 0 fully saturated rings. The molecular formula is C19H24ClN. The van der Waals surface area contributed by atoms with Gasteiger partial charge in [0.15, 0.2) is 0 Å². The molecule has 0 aliphatic carbocycles. The Labute approximate surface area is 133 Å². The van der Waals surface area contributed by atoms with Crippen LogP contribution in [-0.4, -0.2) is 0 Å². The highest BCUT2D eigenvalue weighted by atomic mass is 35.5. The molecule has 0 heterocycles. The van der Waals surface area contributed by atoms with Crippen molar-refractivity contribution in [3.8, 4) is 0 Å². The lowest BCUT2D eigenvalue weighted by Crippen LogP contribution is -2.22. The van der Waals surface area contributed by atoms with Crippen LogP contribution in [0.2, 0.25) is 5.02 Å². The first-order valence-electron chi connectivity index (χ1n) is 7.59. The van der Waals surface area contributed by atoms with Crippen LogP contribution in [0.1, 0.15) is 62.4 Å². The fourth-order valence-corrected chi connectivity index (χ4v) is 2.86. The Morgan fingerprint density at radius 1 is 0.762 bits per heavy atom. The Balaban J connectivity index is 2.07. The average Bonchev–Trinajstić information content (AvgIpc) is 2.47. The minimum Gasteiger partial charge on any atom is -0.304 e. The predicted octanol–water partition coefficient (Wildman–Crippen LogP) is 5.88.